The molecule has 0 fully saturated rings. The van der Waals surface area contributed by atoms with Crippen molar-refractivity contribution in [3.63, 3.8) is 0 Å². The number of benzene rings is 2. The number of anilines is 1. The second-order valence-corrected chi connectivity index (χ2v) is 5.12. The van der Waals surface area contributed by atoms with Gasteiger partial charge < -0.3 is 15.0 Å². The summed E-state index contributed by atoms with van der Waals surface area (Å²) >= 11 is 0. The lowest BCUT2D eigenvalue weighted by atomic mass is 10.1. The number of nitrogens with one attached hydrogen (secondary N) is 1. The van der Waals surface area contributed by atoms with Crippen molar-refractivity contribution in [3.05, 3.63) is 59.9 Å². The van der Waals surface area contributed by atoms with Gasteiger partial charge in [0.05, 0.1) is 13.5 Å². The Bertz CT molecular complexity index is 734. The zero-order valence-electron chi connectivity index (χ0n) is 13.6. The van der Waals surface area contributed by atoms with Crippen molar-refractivity contribution in [1.29, 1.82) is 0 Å². The van der Waals surface area contributed by atoms with Gasteiger partial charge in [-0.25, -0.2) is 4.39 Å². The molecule has 0 radical (unpaired) electrons. The molecule has 0 unspecified atom stereocenters. The smallest absolute Gasteiger partial charge is 0.239 e. The van der Waals surface area contributed by atoms with E-state index in [4.69, 9.17) is 4.74 Å². The molecule has 0 aromatic heterocycles. The SMILES string of the molecule is CNC(=O)CN(C(=O)Cc1ccccc1OC)c1cccc(F)c1. The molecule has 0 aliphatic heterocycles. The molecule has 0 saturated carbocycles. The van der Waals surface area contributed by atoms with E-state index >= 15 is 0 Å². The van der Waals surface area contributed by atoms with Crippen LogP contribution in [0.5, 0.6) is 5.75 Å². The highest BCUT2D eigenvalue weighted by molar-refractivity contribution is 5.99. The maximum atomic E-state index is 13.5. The van der Waals surface area contributed by atoms with Crippen molar-refractivity contribution < 1.29 is 18.7 Å². The van der Waals surface area contributed by atoms with E-state index in [9.17, 15) is 14.0 Å². The summed E-state index contributed by atoms with van der Waals surface area (Å²) in [5, 5.41) is 2.47. The largest absolute Gasteiger partial charge is 0.496 e. The lowest BCUT2D eigenvalue weighted by Gasteiger charge is -2.22. The highest BCUT2D eigenvalue weighted by atomic mass is 19.1. The first-order chi connectivity index (χ1) is 11.5. The number of halogens is 1. The molecule has 0 bridgehead atoms. The number of ether oxygens (including phenoxy) is 1. The van der Waals surface area contributed by atoms with Gasteiger partial charge >= 0.3 is 0 Å². The second-order valence-electron chi connectivity index (χ2n) is 5.12. The van der Waals surface area contributed by atoms with Gasteiger partial charge in [0.2, 0.25) is 11.8 Å². The zero-order valence-corrected chi connectivity index (χ0v) is 13.6. The molecule has 24 heavy (non-hydrogen) atoms. The van der Waals surface area contributed by atoms with Gasteiger partial charge in [-0.05, 0) is 24.3 Å². The number of carbonyl (C=O) groups is 2. The van der Waals surface area contributed by atoms with Gasteiger partial charge in [-0.2, -0.15) is 0 Å². The van der Waals surface area contributed by atoms with Gasteiger partial charge in [-0.3, -0.25) is 9.59 Å². The molecule has 0 spiro atoms. The van der Waals surface area contributed by atoms with Crippen molar-refractivity contribution in [1.82, 2.24) is 5.32 Å². The van der Waals surface area contributed by atoms with Crippen LogP contribution in [-0.4, -0.2) is 32.5 Å². The Morgan fingerprint density at radius 3 is 2.58 bits per heavy atom. The fraction of sp³-hybridized carbons (Fsp3) is 0.222. The van der Waals surface area contributed by atoms with E-state index in [0.717, 1.165) is 0 Å². The number of hydrogen-bond acceptors (Lipinski definition) is 3. The number of nitrogens with zero attached hydrogens (tertiary/aromatic N) is 1. The summed E-state index contributed by atoms with van der Waals surface area (Å²) in [6.07, 6.45) is 0.0392. The van der Waals surface area contributed by atoms with Crippen LogP contribution < -0.4 is 15.0 Å². The van der Waals surface area contributed by atoms with Crippen LogP contribution in [0.25, 0.3) is 0 Å². The molecular weight excluding hydrogens is 311 g/mol. The van der Waals surface area contributed by atoms with Gasteiger partial charge in [0, 0.05) is 18.3 Å². The monoisotopic (exact) mass is 330 g/mol. The Morgan fingerprint density at radius 2 is 1.92 bits per heavy atom. The van der Waals surface area contributed by atoms with Crippen molar-refractivity contribution in [2.24, 2.45) is 0 Å². The molecule has 2 amide bonds. The van der Waals surface area contributed by atoms with Gasteiger partial charge in [0.1, 0.15) is 18.1 Å². The van der Waals surface area contributed by atoms with Crippen LogP contribution in [0, 0.1) is 5.82 Å². The summed E-state index contributed by atoms with van der Waals surface area (Å²) in [4.78, 5) is 25.7. The normalized spacial score (nSPS) is 10.1. The summed E-state index contributed by atoms with van der Waals surface area (Å²) in [5.74, 6) is -0.550. The number of likely N-dealkylation sites (N-methyl/N-ethyl adjacent to an activating group) is 1. The van der Waals surface area contributed by atoms with Crippen LogP contribution in [0.1, 0.15) is 5.56 Å². The first kappa shape index (κ1) is 17.5. The molecule has 5 nitrogen and oxygen atoms in total. The molecule has 0 aliphatic carbocycles. The average molecular weight is 330 g/mol. The highest BCUT2D eigenvalue weighted by Crippen LogP contribution is 2.21. The Kier molecular flexibility index (Phi) is 5.89. The summed E-state index contributed by atoms with van der Waals surface area (Å²) in [7, 11) is 3.01. The van der Waals surface area contributed by atoms with E-state index in [0.29, 0.717) is 17.0 Å². The summed E-state index contributed by atoms with van der Waals surface area (Å²) in [5.41, 5.74) is 1.03. The highest BCUT2D eigenvalue weighted by Gasteiger charge is 2.20. The van der Waals surface area contributed by atoms with Gasteiger partial charge in [-0.1, -0.05) is 24.3 Å². The molecule has 0 aliphatic rings. The number of para-hydroxylation sites is 1. The third kappa shape index (κ3) is 4.32. The quantitative estimate of drug-likeness (QED) is 0.883. The van der Waals surface area contributed by atoms with Gasteiger partial charge in [0.25, 0.3) is 0 Å². The summed E-state index contributed by atoms with van der Waals surface area (Å²) in [6, 6.07) is 12.7. The topological polar surface area (TPSA) is 58.6 Å². The van der Waals surface area contributed by atoms with Crippen LogP contribution in [0.3, 0.4) is 0 Å². The fourth-order valence-electron chi connectivity index (χ4n) is 2.30. The molecule has 6 heteroatoms. The van der Waals surface area contributed by atoms with E-state index in [-0.39, 0.29) is 24.8 Å². The molecule has 2 rings (SSSR count). The van der Waals surface area contributed by atoms with Crippen molar-refractivity contribution in [2.75, 3.05) is 25.6 Å². The molecular formula is C18H19FN2O3. The lowest BCUT2D eigenvalue weighted by Crippen LogP contribution is -2.40. The van der Waals surface area contributed by atoms with Crippen LogP contribution in [0.2, 0.25) is 0 Å². The maximum absolute atomic E-state index is 13.5. The molecule has 0 heterocycles. The maximum Gasteiger partial charge on any atom is 0.239 e. The fourth-order valence-corrected chi connectivity index (χ4v) is 2.30. The van der Waals surface area contributed by atoms with Crippen LogP contribution in [0.15, 0.2) is 48.5 Å². The number of amides is 2. The number of carbonyl (C=O) groups excluding carboxylic acids is 2. The molecule has 0 saturated heterocycles. The summed E-state index contributed by atoms with van der Waals surface area (Å²) < 4.78 is 18.7. The van der Waals surface area contributed by atoms with Crippen LogP contribution in [-0.2, 0) is 16.0 Å². The molecule has 1 N–H and O–H groups in total. The minimum Gasteiger partial charge on any atom is -0.496 e. The molecule has 2 aromatic rings. The summed E-state index contributed by atoms with van der Waals surface area (Å²) in [6.45, 7) is -0.187. The molecule has 0 atom stereocenters. The van der Waals surface area contributed by atoms with E-state index in [2.05, 4.69) is 5.32 Å². The predicted molar refractivity (Wildman–Crippen MR) is 89.5 cm³/mol. The first-order valence-electron chi connectivity index (χ1n) is 7.43. The first-order valence-corrected chi connectivity index (χ1v) is 7.43. The third-order valence-corrected chi connectivity index (χ3v) is 3.54. The van der Waals surface area contributed by atoms with E-state index < -0.39 is 5.82 Å². The van der Waals surface area contributed by atoms with Crippen molar-refractivity contribution in [2.45, 2.75) is 6.42 Å². The number of rotatable bonds is 6. The van der Waals surface area contributed by atoms with Crippen molar-refractivity contribution >= 4 is 17.5 Å². The Morgan fingerprint density at radius 1 is 1.17 bits per heavy atom. The number of hydrogen-bond donors (Lipinski definition) is 1. The van der Waals surface area contributed by atoms with E-state index in [1.807, 2.05) is 6.07 Å². The van der Waals surface area contributed by atoms with E-state index in [1.165, 1.54) is 37.3 Å². The molecule has 2 aromatic carbocycles. The average Bonchev–Trinajstić information content (AvgIpc) is 2.59. The third-order valence-electron chi connectivity index (χ3n) is 3.54. The minimum absolute atomic E-state index is 0.0392. The van der Waals surface area contributed by atoms with Gasteiger partial charge in [0.15, 0.2) is 0 Å². The Labute approximate surface area is 140 Å². The predicted octanol–water partition coefficient (Wildman–Crippen LogP) is 2.16. The lowest BCUT2D eigenvalue weighted by molar-refractivity contribution is -0.123. The van der Waals surface area contributed by atoms with Gasteiger partial charge in [-0.15, -0.1) is 0 Å². The van der Waals surface area contributed by atoms with Crippen LogP contribution in [0.4, 0.5) is 10.1 Å². The Balaban J connectivity index is 2.29. The molecule has 126 valence electrons. The van der Waals surface area contributed by atoms with Crippen LogP contribution >= 0.6 is 0 Å². The standard InChI is InChI=1S/C18H19FN2O3/c1-20-17(22)12-21(15-8-5-7-14(19)11-15)18(23)10-13-6-3-4-9-16(13)24-2/h3-9,11H,10,12H2,1-2H3,(H,20,22). The number of methoxy groups -OCH3 is 1. The van der Waals surface area contributed by atoms with Crippen molar-refractivity contribution in [3.8, 4) is 5.75 Å². The zero-order chi connectivity index (χ0) is 17.5. The minimum atomic E-state index is -0.473. The van der Waals surface area contributed by atoms with E-state index in [1.54, 1.807) is 24.3 Å². The second kappa shape index (κ2) is 8.10. The Hall–Kier alpha value is -2.89.